The summed E-state index contributed by atoms with van der Waals surface area (Å²) < 4.78 is 12.4. The fourth-order valence-corrected chi connectivity index (χ4v) is 7.80. The molecular formula is C33H44BrN3O7. The zero-order chi connectivity index (χ0) is 32.2. The lowest BCUT2D eigenvalue weighted by molar-refractivity contribution is -0.160. The van der Waals surface area contributed by atoms with Gasteiger partial charge in [0.1, 0.15) is 17.7 Å². The van der Waals surface area contributed by atoms with E-state index >= 15 is 0 Å². The topological polar surface area (TPSA) is 125 Å². The van der Waals surface area contributed by atoms with Crippen molar-refractivity contribution in [3.8, 4) is 0 Å². The highest BCUT2D eigenvalue weighted by Crippen LogP contribution is 2.61. The van der Waals surface area contributed by atoms with E-state index in [2.05, 4.69) is 34.4 Å². The highest BCUT2D eigenvalue weighted by molar-refractivity contribution is 9.09. The lowest BCUT2D eigenvalue weighted by Crippen LogP contribution is -2.59. The van der Waals surface area contributed by atoms with Crippen LogP contribution < -0.4 is 5.32 Å². The molecule has 3 aliphatic rings. The van der Waals surface area contributed by atoms with Crippen LogP contribution in [0.1, 0.15) is 45.6 Å². The van der Waals surface area contributed by atoms with E-state index in [9.17, 15) is 24.3 Å². The van der Waals surface area contributed by atoms with Crippen molar-refractivity contribution in [3.05, 3.63) is 61.2 Å². The average Bonchev–Trinajstić information content (AvgIpc) is 3.58. The summed E-state index contributed by atoms with van der Waals surface area (Å²) in [6, 6.07) is 7.81. The maximum Gasteiger partial charge on any atom is 0.312 e. The molecule has 8 atom stereocenters. The van der Waals surface area contributed by atoms with E-state index in [0.29, 0.717) is 19.4 Å². The molecule has 2 N–H and O–H groups in total. The summed E-state index contributed by atoms with van der Waals surface area (Å²) in [5.74, 6) is -3.62. The molecule has 0 radical (unpaired) electrons. The van der Waals surface area contributed by atoms with Crippen LogP contribution in [-0.2, 0) is 35.2 Å². The third-order valence-electron chi connectivity index (χ3n) is 8.90. The first-order chi connectivity index (χ1) is 21.0. The van der Waals surface area contributed by atoms with Crippen molar-refractivity contribution >= 4 is 39.6 Å². The molecule has 1 aromatic carbocycles. The summed E-state index contributed by atoms with van der Waals surface area (Å²) >= 11 is 3.68. The van der Waals surface area contributed by atoms with Gasteiger partial charge < -0.3 is 29.7 Å². The summed E-state index contributed by atoms with van der Waals surface area (Å²) in [5.41, 5.74) is -0.380. The van der Waals surface area contributed by atoms with Gasteiger partial charge in [0.15, 0.2) is 0 Å². The van der Waals surface area contributed by atoms with Gasteiger partial charge in [0.25, 0.3) is 0 Å². The highest BCUT2D eigenvalue weighted by Gasteiger charge is 2.77. The van der Waals surface area contributed by atoms with Crippen LogP contribution in [0.2, 0.25) is 0 Å². The Morgan fingerprint density at radius 1 is 1.23 bits per heavy atom. The van der Waals surface area contributed by atoms with Crippen molar-refractivity contribution in [2.24, 2.45) is 17.8 Å². The molecule has 0 saturated carbocycles. The summed E-state index contributed by atoms with van der Waals surface area (Å²) in [6.07, 6.45) is 3.12. The molecule has 11 heteroatoms. The maximum absolute atomic E-state index is 14.6. The van der Waals surface area contributed by atoms with Gasteiger partial charge in [0.05, 0.1) is 37.1 Å². The number of rotatable bonds is 15. The number of alkyl halides is 1. The van der Waals surface area contributed by atoms with Crippen molar-refractivity contribution in [2.75, 3.05) is 19.7 Å². The van der Waals surface area contributed by atoms with Crippen molar-refractivity contribution in [1.29, 1.82) is 0 Å². The summed E-state index contributed by atoms with van der Waals surface area (Å²) in [6.45, 7) is 13.2. The molecule has 44 heavy (non-hydrogen) atoms. The first-order valence-corrected chi connectivity index (χ1v) is 16.2. The average molecular weight is 675 g/mol. The molecule has 0 aromatic heterocycles. The first-order valence-electron chi connectivity index (χ1n) is 15.3. The second kappa shape index (κ2) is 14.4. The van der Waals surface area contributed by atoms with Gasteiger partial charge in [-0.15, -0.1) is 13.2 Å². The Labute approximate surface area is 267 Å². The number of aliphatic hydroxyl groups excluding tert-OH is 1. The minimum Gasteiger partial charge on any atom is -0.460 e. The number of nitrogens with zero attached hydrogens (tertiary/aromatic N) is 2. The zero-order valence-corrected chi connectivity index (χ0v) is 27.3. The van der Waals surface area contributed by atoms with Crippen molar-refractivity contribution in [3.63, 3.8) is 0 Å². The van der Waals surface area contributed by atoms with Gasteiger partial charge in [-0.2, -0.15) is 0 Å². The number of esters is 1. The van der Waals surface area contributed by atoms with Crippen LogP contribution in [0.3, 0.4) is 0 Å². The predicted octanol–water partition coefficient (Wildman–Crippen LogP) is 2.98. The van der Waals surface area contributed by atoms with Crippen LogP contribution in [0.15, 0.2) is 55.6 Å². The van der Waals surface area contributed by atoms with Crippen LogP contribution in [0.4, 0.5) is 0 Å². The second-order valence-electron chi connectivity index (χ2n) is 12.3. The number of ether oxygens (including phenoxy) is 2. The van der Waals surface area contributed by atoms with Gasteiger partial charge in [-0.1, -0.05) is 72.3 Å². The van der Waals surface area contributed by atoms with E-state index in [-0.39, 0.29) is 48.7 Å². The third kappa shape index (κ3) is 6.50. The van der Waals surface area contributed by atoms with Crippen LogP contribution in [0.25, 0.3) is 0 Å². The minimum atomic E-state index is -1.29. The Morgan fingerprint density at radius 2 is 1.93 bits per heavy atom. The lowest BCUT2D eigenvalue weighted by atomic mass is 9.70. The van der Waals surface area contributed by atoms with E-state index in [1.165, 1.54) is 4.90 Å². The number of nitrogens with one attached hydrogen (secondary N) is 1. The predicted molar refractivity (Wildman–Crippen MR) is 168 cm³/mol. The molecule has 0 aliphatic carbocycles. The standard InChI is InChI=1S/C33H44BrN3O7/c1-6-8-14-25(39)35-17-21(5)43-32(42)26-27-30(40)37(24(19-38)20(3)4)29(33(27)16-23(34)28(26)44-33)31(41)36(15-7-2)18-22-12-10-9-11-13-22/h6-7,9-13,20-21,23-24,26-29,38H,1-2,8,14-19H2,3-5H3,(H,35,39)/t21-,23?,24-,26+,27-,28+,29+,33-/m0/s1. The fourth-order valence-electron chi connectivity index (χ4n) is 6.86. The van der Waals surface area contributed by atoms with Gasteiger partial charge >= 0.3 is 5.97 Å². The number of hydrogen-bond acceptors (Lipinski definition) is 7. The molecule has 1 aromatic rings. The molecule has 4 rings (SSSR count). The Bertz CT molecular complexity index is 1240. The SMILES string of the molecule is C=CCCC(=O)NC[C@H](C)OC(=O)[C@H]1[C@@H]2O[C@@]3(CC2Br)[C@@H]1C(=O)N([C@@H](CO)C(C)C)[C@@H]3C(=O)N(CC=C)Cc1ccccc1. The molecule has 1 unspecified atom stereocenters. The largest absolute Gasteiger partial charge is 0.460 e. The van der Waals surface area contributed by atoms with E-state index in [1.54, 1.807) is 24.0 Å². The Hall–Kier alpha value is -3.02. The number of benzene rings is 1. The number of allylic oxidation sites excluding steroid dienone is 1. The molecular weight excluding hydrogens is 630 g/mol. The normalized spacial score (nSPS) is 28.4. The monoisotopic (exact) mass is 673 g/mol. The van der Waals surface area contributed by atoms with Gasteiger partial charge in [-0.3, -0.25) is 19.2 Å². The molecule has 3 amide bonds. The lowest BCUT2D eigenvalue weighted by Gasteiger charge is -2.40. The second-order valence-corrected chi connectivity index (χ2v) is 13.5. The molecule has 240 valence electrons. The highest BCUT2D eigenvalue weighted by atomic mass is 79.9. The smallest absolute Gasteiger partial charge is 0.312 e. The Balaban J connectivity index is 1.66. The summed E-state index contributed by atoms with van der Waals surface area (Å²) in [7, 11) is 0. The van der Waals surface area contributed by atoms with E-state index in [1.807, 2.05) is 44.2 Å². The Kier molecular flexibility index (Phi) is 11.1. The molecule has 2 bridgehead atoms. The third-order valence-corrected chi connectivity index (χ3v) is 9.75. The van der Waals surface area contributed by atoms with Crippen LogP contribution in [0, 0.1) is 17.8 Å². The maximum atomic E-state index is 14.6. The number of aliphatic hydroxyl groups is 1. The van der Waals surface area contributed by atoms with Crippen molar-refractivity contribution in [1.82, 2.24) is 15.1 Å². The van der Waals surface area contributed by atoms with Gasteiger partial charge in [0.2, 0.25) is 17.7 Å². The van der Waals surface area contributed by atoms with E-state index in [0.717, 1.165) is 5.56 Å². The first kappa shape index (κ1) is 33.9. The number of carbonyl (C=O) groups is 4. The van der Waals surface area contributed by atoms with Crippen LogP contribution in [0.5, 0.6) is 0 Å². The quantitative estimate of drug-likeness (QED) is 0.167. The van der Waals surface area contributed by atoms with Gasteiger partial charge in [-0.25, -0.2) is 0 Å². The molecule has 3 heterocycles. The molecule has 1 spiro atoms. The molecule has 3 fully saturated rings. The number of fused-ring (bicyclic) bond motifs is 1. The van der Waals surface area contributed by atoms with Crippen LogP contribution in [-0.4, -0.2) is 93.0 Å². The number of amides is 3. The van der Waals surface area contributed by atoms with Crippen LogP contribution >= 0.6 is 15.9 Å². The fraction of sp³-hybridized carbons (Fsp3) is 0.576. The van der Waals surface area contributed by atoms with E-state index < -0.39 is 53.6 Å². The molecule has 3 aliphatic heterocycles. The summed E-state index contributed by atoms with van der Waals surface area (Å²) in [5, 5.41) is 13.2. The minimum absolute atomic E-state index is 0.116. The summed E-state index contributed by atoms with van der Waals surface area (Å²) in [4.78, 5) is 57.6. The molecule has 3 saturated heterocycles. The number of carbonyl (C=O) groups excluding carboxylic acids is 4. The zero-order valence-electron chi connectivity index (χ0n) is 25.7. The number of hydrogen-bond donors (Lipinski definition) is 2. The number of halogens is 1. The number of likely N-dealkylation sites (tertiary alicyclic amines) is 1. The van der Waals surface area contributed by atoms with Crippen molar-refractivity contribution in [2.45, 2.75) is 81.3 Å². The Morgan fingerprint density at radius 3 is 2.55 bits per heavy atom. The van der Waals surface area contributed by atoms with Crippen molar-refractivity contribution < 1.29 is 33.8 Å². The molecule has 10 nitrogen and oxygen atoms in total. The van der Waals surface area contributed by atoms with Gasteiger partial charge in [0, 0.05) is 24.3 Å². The van der Waals surface area contributed by atoms with Gasteiger partial charge in [-0.05, 0) is 31.2 Å². The van der Waals surface area contributed by atoms with E-state index in [4.69, 9.17) is 9.47 Å².